The van der Waals surface area contributed by atoms with E-state index in [4.69, 9.17) is 20.1 Å². The number of fused-ring (bicyclic) bond motifs is 5. The highest BCUT2D eigenvalue weighted by Gasteiger charge is 2.31. The SMILES string of the molecule is CC(C)(C)Oc1ccc2cc(S(=O)(=O)N=C3C=C(SCC(=O)O)C(=O)c4ccccc43)ccc2c1.O=C(O)CSC1=CC(=NS(=O)(=O)c2cc3ccc(F)cc3s2)c2ccccc2C1=O.O=C(O)CSC1=CC(=NS(=O)(=O)c2ccc(-c3cccc(F)c3)cc2)c2ccccc2C1=O. The molecule has 28 heteroatoms. The van der Waals surface area contributed by atoms with Crippen LogP contribution in [0, 0.1) is 11.6 Å². The van der Waals surface area contributed by atoms with Gasteiger partial charge in [0.25, 0.3) is 30.1 Å². The Balaban J connectivity index is 0.000000160. The molecule has 0 spiro atoms. The van der Waals surface area contributed by atoms with Crippen LogP contribution in [-0.2, 0) is 44.5 Å². The first-order valence-electron chi connectivity index (χ1n) is 28.9. The molecule has 0 unspecified atom stereocenters. The summed E-state index contributed by atoms with van der Waals surface area (Å²) in [4.78, 5) is 71.2. The number of benzene rings is 8. The van der Waals surface area contributed by atoms with E-state index in [0.717, 1.165) is 52.0 Å². The summed E-state index contributed by atoms with van der Waals surface area (Å²) in [6.45, 7) is 5.84. The van der Waals surface area contributed by atoms with E-state index < -0.39 is 59.6 Å². The first kappa shape index (κ1) is 71.0. The highest BCUT2D eigenvalue weighted by molar-refractivity contribution is 8.05. The van der Waals surface area contributed by atoms with Gasteiger partial charge in [-0.15, -0.1) is 46.6 Å². The predicted molar refractivity (Wildman–Crippen MR) is 376 cm³/mol. The number of thiophene rings is 1. The minimum absolute atomic E-state index is 0.00418. The number of nitrogens with zero attached hydrogens (tertiary/aromatic N) is 3. The van der Waals surface area contributed by atoms with Crippen molar-refractivity contribution in [2.24, 2.45) is 13.2 Å². The quantitative estimate of drug-likeness (QED) is 0.0762. The Bertz CT molecular complexity index is 5370. The second-order valence-corrected chi connectivity index (χ2v) is 31.4. The summed E-state index contributed by atoms with van der Waals surface area (Å²) in [6, 6.07) is 46.7. The monoisotopic (exact) mass is 1450 g/mol. The van der Waals surface area contributed by atoms with Crippen molar-refractivity contribution in [2.75, 3.05) is 17.3 Å². The summed E-state index contributed by atoms with van der Waals surface area (Å²) in [5.74, 6) is -5.61. The molecular weight excluding hydrogens is 1400 g/mol. The topological polar surface area (TPSA) is 312 Å². The van der Waals surface area contributed by atoms with Gasteiger partial charge in [-0.1, -0.05) is 115 Å². The largest absolute Gasteiger partial charge is 0.488 e. The van der Waals surface area contributed by atoms with Gasteiger partial charge < -0.3 is 20.1 Å². The van der Waals surface area contributed by atoms with Gasteiger partial charge >= 0.3 is 17.9 Å². The first-order chi connectivity index (χ1) is 46.4. The molecule has 8 aromatic carbocycles. The van der Waals surface area contributed by atoms with Gasteiger partial charge in [0.2, 0.25) is 0 Å². The first-order valence-corrected chi connectivity index (χ1v) is 37.0. The van der Waals surface area contributed by atoms with Crippen molar-refractivity contribution < 1.29 is 82.9 Å². The molecule has 1 heterocycles. The second-order valence-electron chi connectivity index (χ2n) is 22.2. The van der Waals surface area contributed by atoms with Crippen LogP contribution in [0.5, 0.6) is 5.75 Å². The molecular formula is C70H51F2N3O16S7. The molecule has 0 atom stereocenters. The normalized spacial score (nSPS) is 15.0. The fourth-order valence-corrected chi connectivity index (χ4v) is 16.4. The molecule has 0 saturated carbocycles. The lowest BCUT2D eigenvalue weighted by atomic mass is 9.94. The molecule has 3 aliphatic rings. The number of hydrogen-bond donors (Lipinski definition) is 3. The maximum Gasteiger partial charge on any atom is 0.313 e. The zero-order valence-electron chi connectivity index (χ0n) is 51.3. The van der Waals surface area contributed by atoms with E-state index in [9.17, 15) is 62.8 Å². The summed E-state index contributed by atoms with van der Waals surface area (Å²) in [7, 11) is -12.4. The van der Waals surface area contributed by atoms with E-state index in [-0.39, 0.29) is 103 Å². The zero-order chi connectivity index (χ0) is 70.4. The third-order valence-corrected chi connectivity index (χ3v) is 22.5. The molecule has 0 saturated heterocycles. The van der Waals surface area contributed by atoms with Gasteiger partial charge in [0.1, 0.15) is 27.2 Å². The number of hydrogen-bond acceptors (Lipinski definition) is 17. The molecule has 19 nitrogen and oxygen atoms in total. The van der Waals surface area contributed by atoms with E-state index in [1.807, 2.05) is 26.8 Å². The molecule has 0 bridgehead atoms. The maximum atomic E-state index is 13.5. The van der Waals surface area contributed by atoms with Gasteiger partial charge in [0, 0.05) is 38.1 Å². The van der Waals surface area contributed by atoms with Crippen molar-refractivity contribution in [2.45, 2.75) is 40.4 Å². The van der Waals surface area contributed by atoms with Crippen molar-refractivity contribution in [3.05, 3.63) is 260 Å². The molecule has 3 aliphatic carbocycles. The summed E-state index contributed by atoms with van der Waals surface area (Å²) in [6.07, 6.45) is 3.94. The Kier molecular flexibility index (Phi) is 21.4. The lowest BCUT2D eigenvalue weighted by Gasteiger charge is -2.21. The molecule has 9 aromatic rings. The Hall–Kier alpha value is -9.81. The van der Waals surface area contributed by atoms with E-state index in [1.54, 1.807) is 115 Å². The number of aliphatic carboxylic acids is 3. The van der Waals surface area contributed by atoms with Crippen LogP contribution in [0.4, 0.5) is 8.78 Å². The predicted octanol–water partition coefficient (Wildman–Crippen LogP) is 13.8. The standard InChI is InChI=1S/C26H23NO6S2.C24H16FNO5S2.C20H12FNO5S3/c1-26(2,3)33-18-10-8-17-13-19(11-9-16(17)12-18)35(31,32)27-22-14-23(34-15-24(28)29)25(30)21-7-5-4-6-20(21)22;25-17-5-3-4-16(12-17)15-8-10-18(11-9-15)33(30,31)26-21-13-22(32-14-23(27)28)24(29)20-7-2-1-6-19(20)21;21-12-6-5-11-7-19(29-16(11)8-12)30(26,27)22-15-9-17(28-10-18(23)24)20(25)14-4-2-1-3-13(14)15/h4-14H,15H2,1-3H3,(H,28,29);1-13H,14H2,(H,27,28);1-9H,10H2,(H,23,24). The number of carboxylic acid groups (broad SMARTS) is 3. The lowest BCUT2D eigenvalue weighted by Crippen LogP contribution is -2.22. The Morgan fingerprint density at radius 3 is 1.31 bits per heavy atom. The van der Waals surface area contributed by atoms with E-state index in [1.165, 1.54) is 78.9 Å². The molecule has 0 radical (unpaired) electrons. The molecule has 0 fully saturated rings. The average Bonchev–Trinajstić information content (AvgIpc) is 0.995. The van der Waals surface area contributed by atoms with E-state index in [2.05, 4.69) is 13.2 Å². The Morgan fingerprint density at radius 1 is 0.439 bits per heavy atom. The number of rotatable bonds is 17. The summed E-state index contributed by atoms with van der Waals surface area (Å²) in [5, 5.41) is 28.9. The van der Waals surface area contributed by atoms with Crippen LogP contribution < -0.4 is 4.74 Å². The number of ketones is 3. The van der Waals surface area contributed by atoms with Gasteiger partial charge in [-0.05, 0) is 133 Å². The van der Waals surface area contributed by atoms with Crippen molar-refractivity contribution in [1.82, 2.24) is 0 Å². The molecule has 12 rings (SSSR count). The van der Waals surface area contributed by atoms with Crippen LogP contribution in [-0.4, -0.2) is 116 Å². The second kappa shape index (κ2) is 29.5. The number of carbonyl (C=O) groups is 6. The number of Topliss-reactive ketones (excluding diaryl/α,β-unsaturated/α-hetero) is 3. The smallest absolute Gasteiger partial charge is 0.313 e. The van der Waals surface area contributed by atoms with Crippen LogP contribution in [0.3, 0.4) is 0 Å². The van der Waals surface area contributed by atoms with Crippen LogP contribution in [0.2, 0.25) is 0 Å². The zero-order valence-corrected chi connectivity index (χ0v) is 57.0. The van der Waals surface area contributed by atoms with Gasteiger partial charge in [0.15, 0.2) is 17.3 Å². The Labute approximate surface area is 576 Å². The molecule has 98 heavy (non-hydrogen) atoms. The molecule has 498 valence electrons. The third kappa shape index (κ3) is 17.1. The number of sulfonamides is 3. The van der Waals surface area contributed by atoms with Crippen LogP contribution in [0.1, 0.15) is 68.5 Å². The fraction of sp³-hybridized carbons (Fsp3) is 0.100. The minimum Gasteiger partial charge on any atom is -0.488 e. The van der Waals surface area contributed by atoms with Crippen molar-refractivity contribution >= 4 is 150 Å². The van der Waals surface area contributed by atoms with Gasteiger partial charge in [0.05, 0.1) is 58.9 Å². The van der Waals surface area contributed by atoms with Gasteiger partial charge in [-0.3, -0.25) is 28.8 Å². The average molecular weight is 1450 g/mol. The van der Waals surface area contributed by atoms with Gasteiger partial charge in [-0.2, -0.15) is 38.4 Å². The number of carboxylic acids is 3. The summed E-state index contributed by atoms with van der Waals surface area (Å²) in [5.41, 5.74) is 2.92. The van der Waals surface area contributed by atoms with Crippen LogP contribution >= 0.6 is 46.6 Å². The Morgan fingerprint density at radius 2 is 0.847 bits per heavy atom. The van der Waals surface area contributed by atoms with Gasteiger partial charge in [-0.25, -0.2) is 8.78 Å². The van der Waals surface area contributed by atoms with Crippen molar-refractivity contribution in [1.29, 1.82) is 0 Å². The highest BCUT2D eigenvalue weighted by atomic mass is 32.2. The number of carbonyl (C=O) groups excluding carboxylic acids is 3. The molecule has 0 aliphatic heterocycles. The number of allylic oxidation sites excluding steroid dienone is 6. The molecule has 3 N–H and O–H groups in total. The summed E-state index contributed by atoms with van der Waals surface area (Å²) < 4.78 is 123. The maximum absolute atomic E-state index is 13.5. The van der Waals surface area contributed by atoms with Crippen LogP contribution in [0.15, 0.2) is 242 Å². The third-order valence-electron chi connectivity index (χ3n) is 14.1. The number of halogens is 2. The molecule has 1 aromatic heterocycles. The van der Waals surface area contributed by atoms with E-state index in [0.29, 0.717) is 49.0 Å². The lowest BCUT2D eigenvalue weighted by molar-refractivity contribution is -0.134. The number of ether oxygens (including phenoxy) is 1. The number of thioether (sulfide) groups is 3. The van der Waals surface area contributed by atoms with Crippen molar-refractivity contribution in [3.63, 3.8) is 0 Å². The van der Waals surface area contributed by atoms with Crippen LogP contribution in [0.25, 0.3) is 32.0 Å². The van der Waals surface area contributed by atoms with Crippen molar-refractivity contribution in [3.8, 4) is 16.9 Å². The summed E-state index contributed by atoms with van der Waals surface area (Å²) >= 11 is 3.35. The minimum atomic E-state index is -4.15. The highest BCUT2D eigenvalue weighted by Crippen LogP contribution is 2.36. The van der Waals surface area contributed by atoms with E-state index >= 15 is 0 Å². The fourth-order valence-electron chi connectivity index (χ4n) is 9.79. The molecule has 0 amide bonds.